The molecule has 6 nitrogen and oxygen atoms in total. The van der Waals surface area contributed by atoms with E-state index in [1.54, 1.807) is 29.1 Å². The van der Waals surface area contributed by atoms with Crippen molar-refractivity contribution in [1.82, 2.24) is 9.78 Å². The second-order valence-corrected chi connectivity index (χ2v) is 5.59. The van der Waals surface area contributed by atoms with Crippen molar-refractivity contribution in [3.8, 4) is 5.69 Å². The maximum atomic E-state index is 12.3. The molecule has 0 aliphatic carbocycles. The van der Waals surface area contributed by atoms with E-state index in [0.29, 0.717) is 23.8 Å². The van der Waals surface area contributed by atoms with Crippen molar-refractivity contribution in [1.29, 1.82) is 0 Å². The van der Waals surface area contributed by atoms with Crippen LogP contribution in [0.25, 0.3) is 5.69 Å². The number of ether oxygens (including phenoxy) is 1. The standard InChI is InChI=1S/C15H17ClN4O2/c16-10-2-1-3-11(8-10)20-14(6-7-18-20)19-15(21)13-5-4-12(9-17)22-13/h1-3,6-8,12-13H,4-5,9,17H2,(H,19,21)/t12-,13+/m1/s1. The number of carbonyl (C=O) groups excluding carboxylic acids is 1. The highest BCUT2D eigenvalue weighted by Crippen LogP contribution is 2.22. The van der Waals surface area contributed by atoms with Gasteiger partial charge in [0, 0.05) is 17.6 Å². The van der Waals surface area contributed by atoms with Crippen LogP contribution in [-0.2, 0) is 9.53 Å². The Kier molecular flexibility index (Phi) is 4.42. The van der Waals surface area contributed by atoms with E-state index in [1.807, 2.05) is 12.1 Å². The van der Waals surface area contributed by atoms with E-state index in [0.717, 1.165) is 12.1 Å². The smallest absolute Gasteiger partial charge is 0.254 e. The Balaban J connectivity index is 1.74. The summed E-state index contributed by atoms with van der Waals surface area (Å²) in [6.07, 6.45) is 2.61. The Morgan fingerprint density at radius 1 is 1.45 bits per heavy atom. The molecule has 1 fully saturated rings. The van der Waals surface area contributed by atoms with Crippen LogP contribution < -0.4 is 11.1 Å². The van der Waals surface area contributed by atoms with Crippen LogP contribution in [0.4, 0.5) is 5.82 Å². The first-order valence-electron chi connectivity index (χ1n) is 7.13. The number of halogens is 1. The quantitative estimate of drug-likeness (QED) is 0.902. The monoisotopic (exact) mass is 320 g/mol. The highest BCUT2D eigenvalue weighted by molar-refractivity contribution is 6.30. The van der Waals surface area contributed by atoms with Gasteiger partial charge in [-0.05, 0) is 31.0 Å². The molecule has 2 aromatic rings. The van der Waals surface area contributed by atoms with Crippen molar-refractivity contribution in [2.75, 3.05) is 11.9 Å². The van der Waals surface area contributed by atoms with Crippen LogP contribution in [0.1, 0.15) is 12.8 Å². The fourth-order valence-corrected chi connectivity index (χ4v) is 2.67. The lowest BCUT2D eigenvalue weighted by Gasteiger charge is -2.14. The molecule has 116 valence electrons. The van der Waals surface area contributed by atoms with Gasteiger partial charge in [0.05, 0.1) is 18.0 Å². The van der Waals surface area contributed by atoms with E-state index >= 15 is 0 Å². The molecule has 0 spiro atoms. The summed E-state index contributed by atoms with van der Waals surface area (Å²) in [6, 6.07) is 8.99. The van der Waals surface area contributed by atoms with Gasteiger partial charge in [-0.2, -0.15) is 5.10 Å². The highest BCUT2D eigenvalue weighted by Gasteiger charge is 2.30. The lowest BCUT2D eigenvalue weighted by molar-refractivity contribution is -0.126. The Bertz CT molecular complexity index is 673. The zero-order valence-corrected chi connectivity index (χ0v) is 12.7. The zero-order chi connectivity index (χ0) is 15.5. The molecule has 1 saturated heterocycles. The number of hydrogen-bond donors (Lipinski definition) is 2. The molecule has 1 aliphatic heterocycles. The normalized spacial score (nSPS) is 21.0. The van der Waals surface area contributed by atoms with Gasteiger partial charge in [-0.1, -0.05) is 17.7 Å². The number of nitrogens with two attached hydrogens (primary N) is 1. The van der Waals surface area contributed by atoms with E-state index in [4.69, 9.17) is 22.1 Å². The summed E-state index contributed by atoms with van der Waals surface area (Å²) in [4.78, 5) is 12.3. The number of carbonyl (C=O) groups is 1. The summed E-state index contributed by atoms with van der Waals surface area (Å²) >= 11 is 6.00. The molecular formula is C15H17ClN4O2. The largest absolute Gasteiger partial charge is 0.364 e. The maximum absolute atomic E-state index is 12.3. The number of hydrogen-bond acceptors (Lipinski definition) is 4. The molecule has 1 amide bonds. The minimum atomic E-state index is -0.462. The lowest BCUT2D eigenvalue weighted by atomic mass is 10.2. The third kappa shape index (κ3) is 3.14. The van der Waals surface area contributed by atoms with E-state index in [1.165, 1.54) is 0 Å². The molecule has 3 N–H and O–H groups in total. The van der Waals surface area contributed by atoms with Crippen LogP contribution in [0, 0.1) is 0 Å². The number of benzene rings is 1. The van der Waals surface area contributed by atoms with Gasteiger partial charge in [-0.25, -0.2) is 4.68 Å². The molecule has 0 radical (unpaired) electrons. The predicted molar refractivity (Wildman–Crippen MR) is 84.2 cm³/mol. The van der Waals surface area contributed by atoms with Crippen molar-refractivity contribution in [3.63, 3.8) is 0 Å². The minimum absolute atomic E-state index is 0.0337. The molecule has 1 aromatic carbocycles. The number of nitrogens with one attached hydrogen (secondary N) is 1. The van der Waals surface area contributed by atoms with Gasteiger partial charge >= 0.3 is 0 Å². The third-order valence-electron chi connectivity index (χ3n) is 3.61. The second-order valence-electron chi connectivity index (χ2n) is 5.16. The summed E-state index contributed by atoms with van der Waals surface area (Å²) in [5.41, 5.74) is 6.34. The van der Waals surface area contributed by atoms with Crippen LogP contribution in [0.3, 0.4) is 0 Å². The fraction of sp³-hybridized carbons (Fsp3) is 0.333. The number of anilines is 1. The Labute approximate surface area is 133 Å². The van der Waals surface area contributed by atoms with Crippen LogP contribution in [-0.4, -0.2) is 34.4 Å². The number of rotatable bonds is 4. The van der Waals surface area contributed by atoms with E-state index in [2.05, 4.69) is 10.4 Å². The summed E-state index contributed by atoms with van der Waals surface area (Å²) in [5, 5.41) is 7.68. The number of nitrogens with zero attached hydrogens (tertiary/aromatic N) is 2. The van der Waals surface area contributed by atoms with Crippen molar-refractivity contribution in [3.05, 3.63) is 41.6 Å². The minimum Gasteiger partial charge on any atom is -0.364 e. The van der Waals surface area contributed by atoms with Crippen molar-refractivity contribution >= 4 is 23.3 Å². The molecule has 1 aromatic heterocycles. The first-order chi connectivity index (χ1) is 10.7. The van der Waals surface area contributed by atoms with Gasteiger partial charge < -0.3 is 15.8 Å². The third-order valence-corrected chi connectivity index (χ3v) is 3.84. The summed E-state index contributed by atoms with van der Waals surface area (Å²) in [5.74, 6) is 0.395. The first kappa shape index (κ1) is 15.0. The van der Waals surface area contributed by atoms with Crippen molar-refractivity contribution in [2.24, 2.45) is 5.73 Å². The van der Waals surface area contributed by atoms with Gasteiger partial charge in [-0.3, -0.25) is 4.79 Å². The van der Waals surface area contributed by atoms with Crippen molar-refractivity contribution in [2.45, 2.75) is 25.0 Å². The molecule has 2 heterocycles. The molecular weight excluding hydrogens is 304 g/mol. The predicted octanol–water partition coefficient (Wildman–Crippen LogP) is 1.97. The van der Waals surface area contributed by atoms with Gasteiger partial charge in [0.2, 0.25) is 0 Å². The maximum Gasteiger partial charge on any atom is 0.254 e. The summed E-state index contributed by atoms with van der Waals surface area (Å²) in [6.45, 7) is 0.435. The number of aromatic nitrogens is 2. The van der Waals surface area contributed by atoms with Gasteiger partial charge in [0.25, 0.3) is 5.91 Å². The SMILES string of the molecule is NC[C@H]1CC[C@@H](C(=O)Nc2ccnn2-c2cccc(Cl)c2)O1. The van der Waals surface area contributed by atoms with Crippen LogP contribution >= 0.6 is 11.6 Å². The van der Waals surface area contributed by atoms with E-state index in [9.17, 15) is 4.79 Å². The average Bonchev–Trinajstić information content (AvgIpc) is 3.16. The molecule has 7 heteroatoms. The van der Waals surface area contributed by atoms with Crippen LogP contribution in [0.5, 0.6) is 0 Å². The van der Waals surface area contributed by atoms with Crippen LogP contribution in [0.15, 0.2) is 36.5 Å². The molecule has 2 atom stereocenters. The van der Waals surface area contributed by atoms with Crippen molar-refractivity contribution < 1.29 is 9.53 Å². The Morgan fingerprint density at radius 3 is 3.05 bits per heavy atom. The fourth-order valence-electron chi connectivity index (χ4n) is 2.49. The van der Waals surface area contributed by atoms with Gasteiger partial charge in [-0.15, -0.1) is 0 Å². The summed E-state index contributed by atoms with van der Waals surface area (Å²) in [7, 11) is 0. The van der Waals surface area contributed by atoms with Crippen LogP contribution in [0.2, 0.25) is 5.02 Å². The van der Waals surface area contributed by atoms with Gasteiger partial charge in [0.15, 0.2) is 0 Å². The molecule has 1 aliphatic rings. The highest BCUT2D eigenvalue weighted by atomic mass is 35.5. The summed E-state index contributed by atoms with van der Waals surface area (Å²) < 4.78 is 7.22. The molecule has 22 heavy (non-hydrogen) atoms. The molecule has 0 saturated carbocycles. The lowest BCUT2D eigenvalue weighted by Crippen LogP contribution is -2.30. The zero-order valence-electron chi connectivity index (χ0n) is 11.9. The topological polar surface area (TPSA) is 82.2 Å². The molecule has 0 bridgehead atoms. The molecule has 3 rings (SSSR count). The Hall–Kier alpha value is -1.89. The van der Waals surface area contributed by atoms with Gasteiger partial charge in [0.1, 0.15) is 11.9 Å². The second kappa shape index (κ2) is 6.48. The number of amides is 1. The van der Waals surface area contributed by atoms with E-state index < -0.39 is 6.10 Å². The Morgan fingerprint density at radius 2 is 2.32 bits per heavy atom. The average molecular weight is 321 g/mol. The van der Waals surface area contributed by atoms with E-state index in [-0.39, 0.29) is 12.0 Å². The molecule has 0 unspecified atom stereocenters. The first-order valence-corrected chi connectivity index (χ1v) is 7.51.